The van der Waals surface area contributed by atoms with E-state index < -0.39 is 0 Å². The fourth-order valence-corrected chi connectivity index (χ4v) is 4.31. The molecule has 0 spiro atoms. The number of hydrogen-bond donors (Lipinski definition) is 0. The van der Waals surface area contributed by atoms with Crippen molar-refractivity contribution < 1.29 is 9.53 Å². The second-order valence-corrected chi connectivity index (χ2v) is 7.72. The van der Waals surface area contributed by atoms with Crippen LogP contribution >= 0.6 is 34.3 Å². The molecule has 4 heterocycles. The number of thiazole rings is 1. The van der Waals surface area contributed by atoms with Gasteiger partial charge in [-0.1, -0.05) is 17.7 Å². The van der Waals surface area contributed by atoms with Crippen LogP contribution in [0.25, 0.3) is 15.5 Å². The van der Waals surface area contributed by atoms with Gasteiger partial charge in [0.15, 0.2) is 0 Å². The molecule has 0 amide bonds. The monoisotopic (exact) mass is 389 g/mol. The first-order chi connectivity index (χ1) is 12.1. The van der Waals surface area contributed by atoms with Crippen LogP contribution in [0.3, 0.4) is 0 Å². The minimum atomic E-state index is -0.382. The molecule has 0 saturated heterocycles. The van der Waals surface area contributed by atoms with Gasteiger partial charge in [0.05, 0.1) is 21.3 Å². The normalized spacial score (nSPS) is 11.1. The zero-order valence-electron chi connectivity index (χ0n) is 13.1. The summed E-state index contributed by atoms with van der Waals surface area (Å²) >= 11 is 8.90. The first-order valence-electron chi connectivity index (χ1n) is 7.42. The summed E-state index contributed by atoms with van der Waals surface area (Å²) in [5.74, 6) is -0.382. The molecule has 0 aliphatic heterocycles. The van der Waals surface area contributed by atoms with Crippen molar-refractivity contribution >= 4 is 45.9 Å². The number of carbonyl (C=O) groups excluding carboxylic acids is 1. The highest BCUT2D eigenvalue weighted by atomic mass is 35.5. The lowest BCUT2D eigenvalue weighted by atomic mass is 10.4. The summed E-state index contributed by atoms with van der Waals surface area (Å²) in [5.41, 5.74) is 2.10. The third kappa shape index (κ3) is 3.30. The second-order valence-electron chi connectivity index (χ2n) is 5.33. The van der Waals surface area contributed by atoms with Crippen LogP contribution in [0, 0.1) is 6.92 Å². The second kappa shape index (κ2) is 6.59. The van der Waals surface area contributed by atoms with E-state index in [1.54, 1.807) is 34.2 Å². The van der Waals surface area contributed by atoms with Crippen molar-refractivity contribution in [2.24, 2.45) is 0 Å². The van der Waals surface area contributed by atoms with Gasteiger partial charge in [0.25, 0.3) is 0 Å². The Hall–Kier alpha value is -2.22. The number of hydrogen-bond acceptors (Lipinski definition) is 6. The van der Waals surface area contributed by atoms with Gasteiger partial charge in [-0.15, -0.1) is 22.7 Å². The smallest absolute Gasteiger partial charge is 0.350 e. The van der Waals surface area contributed by atoms with Gasteiger partial charge in [0.1, 0.15) is 22.1 Å². The SMILES string of the molecule is Cc1nc(-c2cccs2)sc1C(=O)OCc1cn2cc(Cl)ccc2n1. The number of rotatable bonds is 4. The molecular weight excluding hydrogens is 378 g/mol. The van der Waals surface area contributed by atoms with Crippen LogP contribution in [0.5, 0.6) is 0 Å². The minimum absolute atomic E-state index is 0.101. The molecule has 5 nitrogen and oxygen atoms in total. The van der Waals surface area contributed by atoms with E-state index in [1.165, 1.54) is 11.3 Å². The van der Waals surface area contributed by atoms with Gasteiger partial charge >= 0.3 is 5.97 Å². The summed E-state index contributed by atoms with van der Waals surface area (Å²) < 4.78 is 7.22. The fraction of sp³-hybridized carbons (Fsp3) is 0.118. The standard InChI is InChI=1S/C17H12ClN3O2S2/c1-10-15(25-16(19-10)13-3-2-6-24-13)17(22)23-9-12-8-21-7-11(18)4-5-14(21)20-12/h2-8H,9H2,1H3. The zero-order chi connectivity index (χ0) is 17.4. The number of nitrogens with zero attached hydrogens (tertiary/aromatic N) is 3. The predicted octanol–water partition coefficient (Wildman–Crippen LogP) is 4.84. The number of pyridine rings is 1. The Morgan fingerprint density at radius 1 is 1.28 bits per heavy atom. The van der Waals surface area contributed by atoms with Gasteiger partial charge in [0, 0.05) is 12.4 Å². The number of halogens is 1. The highest BCUT2D eigenvalue weighted by Gasteiger charge is 2.18. The average Bonchev–Trinajstić information content (AvgIpc) is 3.30. The lowest BCUT2D eigenvalue weighted by Gasteiger charge is -2.00. The van der Waals surface area contributed by atoms with E-state index in [4.69, 9.17) is 16.3 Å². The van der Waals surface area contributed by atoms with Crippen molar-refractivity contribution in [3.8, 4) is 9.88 Å². The highest BCUT2D eigenvalue weighted by Crippen LogP contribution is 2.31. The Balaban J connectivity index is 1.50. The molecule has 0 atom stereocenters. The summed E-state index contributed by atoms with van der Waals surface area (Å²) in [7, 11) is 0. The Kier molecular flexibility index (Phi) is 4.29. The molecule has 0 fully saturated rings. The maximum atomic E-state index is 12.4. The Labute approximate surface area is 156 Å². The third-order valence-corrected chi connectivity index (χ3v) is 5.93. The van der Waals surface area contributed by atoms with E-state index in [-0.39, 0.29) is 12.6 Å². The van der Waals surface area contributed by atoms with Crippen molar-refractivity contribution in [1.82, 2.24) is 14.4 Å². The number of ether oxygens (including phenoxy) is 1. The van der Waals surface area contributed by atoms with E-state index >= 15 is 0 Å². The van der Waals surface area contributed by atoms with Crippen LogP contribution in [0.15, 0.2) is 42.0 Å². The van der Waals surface area contributed by atoms with Gasteiger partial charge in [-0.05, 0) is 30.5 Å². The molecule has 126 valence electrons. The molecule has 4 rings (SSSR count). The number of thiophene rings is 1. The molecule has 0 N–H and O–H groups in total. The number of aromatic nitrogens is 3. The number of esters is 1. The molecule has 0 aliphatic carbocycles. The molecule has 0 aromatic carbocycles. The number of aryl methyl sites for hydroxylation is 1. The molecule has 0 radical (unpaired) electrons. The summed E-state index contributed by atoms with van der Waals surface area (Å²) in [5, 5.41) is 3.44. The Bertz CT molecular complexity index is 1050. The molecular formula is C17H12ClN3O2S2. The molecule has 25 heavy (non-hydrogen) atoms. The molecule has 8 heteroatoms. The lowest BCUT2D eigenvalue weighted by Crippen LogP contribution is -2.05. The predicted molar refractivity (Wildman–Crippen MR) is 99.5 cm³/mol. The Morgan fingerprint density at radius 2 is 2.16 bits per heavy atom. The lowest BCUT2D eigenvalue weighted by molar-refractivity contribution is 0.0473. The van der Waals surface area contributed by atoms with E-state index in [9.17, 15) is 4.79 Å². The zero-order valence-corrected chi connectivity index (χ0v) is 15.5. The maximum absolute atomic E-state index is 12.4. The van der Waals surface area contributed by atoms with Crippen LogP contribution in [0.1, 0.15) is 21.1 Å². The van der Waals surface area contributed by atoms with Gasteiger partial charge in [-0.3, -0.25) is 0 Å². The third-order valence-electron chi connectivity index (χ3n) is 3.53. The topological polar surface area (TPSA) is 56.5 Å². The van der Waals surface area contributed by atoms with Gasteiger partial charge < -0.3 is 9.14 Å². The van der Waals surface area contributed by atoms with Crippen molar-refractivity contribution in [2.75, 3.05) is 0 Å². The first-order valence-corrected chi connectivity index (χ1v) is 9.49. The molecule has 0 bridgehead atoms. The van der Waals surface area contributed by atoms with Crippen LogP contribution in [-0.4, -0.2) is 20.3 Å². The number of imidazole rings is 1. The maximum Gasteiger partial charge on any atom is 0.350 e. The van der Waals surface area contributed by atoms with Crippen LogP contribution in [-0.2, 0) is 11.3 Å². The van der Waals surface area contributed by atoms with Crippen LogP contribution in [0.2, 0.25) is 5.02 Å². The first kappa shape index (κ1) is 16.3. The fourth-order valence-electron chi connectivity index (χ4n) is 2.38. The number of carbonyl (C=O) groups is 1. The van der Waals surface area contributed by atoms with Crippen molar-refractivity contribution in [1.29, 1.82) is 0 Å². The molecule has 0 aliphatic rings. The van der Waals surface area contributed by atoms with E-state index in [0.717, 1.165) is 15.5 Å². The molecule has 4 aromatic heterocycles. The highest BCUT2D eigenvalue weighted by molar-refractivity contribution is 7.22. The van der Waals surface area contributed by atoms with Crippen LogP contribution < -0.4 is 0 Å². The van der Waals surface area contributed by atoms with Crippen molar-refractivity contribution in [2.45, 2.75) is 13.5 Å². The van der Waals surface area contributed by atoms with Crippen LogP contribution in [0.4, 0.5) is 0 Å². The molecule has 0 unspecified atom stereocenters. The summed E-state index contributed by atoms with van der Waals surface area (Å²) in [6.07, 6.45) is 3.56. The largest absolute Gasteiger partial charge is 0.455 e. The average molecular weight is 390 g/mol. The van der Waals surface area contributed by atoms with E-state index in [2.05, 4.69) is 9.97 Å². The van der Waals surface area contributed by atoms with Crippen molar-refractivity contribution in [3.05, 3.63) is 63.3 Å². The van der Waals surface area contributed by atoms with Crippen molar-refractivity contribution in [3.63, 3.8) is 0 Å². The molecule has 0 saturated carbocycles. The van der Waals surface area contributed by atoms with Gasteiger partial charge in [-0.2, -0.15) is 0 Å². The number of fused-ring (bicyclic) bond motifs is 1. The summed E-state index contributed by atoms with van der Waals surface area (Å²) in [4.78, 5) is 22.8. The van der Waals surface area contributed by atoms with E-state index in [0.29, 0.717) is 21.3 Å². The van der Waals surface area contributed by atoms with Gasteiger partial charge in [-0.25, -0.2) is 14.8 Å². The van der Waals surface area contributed by atoms with E-state index in [1.807, 2.05) is 30.5 Å². The summed E-state index contributed by atoms with van der Waals surface area (Å²) in [6.45, 7) is 1.92. The quantitative estimate of drug-likeness (QED) is 0.469. The molecule has 4 aromatic rings. The summed E-state index contributed by atoms with van der Waals surface area (Å²) in [6, 6.07) is 7.53. The van der Waals surface area contributed by atoms with Gasteiger partial charge in [0.2, 0.25) is 0 Å². The Morgan fingerprint density at radius 3 is 2.96 bits per heavy atom. The minimum Gasteiger partial charge on any atom is -0.455 e.